The van der Waals surface area contributed by atoms with E-state index in [1.807, 2.05) is 85.1 Å². The highest BCUT2D eigenvalue weighted by atomic mass is 79.9. The first kappa shape index (κ1) is 19.3. The molecular weight excluding hydrogens is 448 g/mol. The fraction of sp³-hybridized carbons (Fsp3) is 0. The monoisotopic (exact) mass is 464 g/mol. The van der Waals surface area contributed by atoms with Gasteiger partial charge in [-0.3, -0.25) is 4.98 Å². The van der Waals surface area contributed by atoms with Gasteiger partial charge in [-0.25, -0.2) is 15.0 Å². The van der Waals surface area contributed by atoms with E-state index in [1.165, 1.54) is 0 Å². The zero-order valence-corrected chi connectivity index (χ0v) is 18.1. The number of halogens is 1. The molecule has 5 heteroatoms. The van der Waals surface area contributed by atoms with Gasteiger partial charge in [-0.1, -0.05) is 88.7 Å². The number of nitrogens with zero attached hydrogens (tertiary/aromatic N) is 4. The minimum absolute atomic E-state index is 0.640. The molecule has 5 aromatic rings. The van der Waals surface area contributed by atoms with E-state index in [2.05, 4.69) is 33.0 Å². The van der Waals surface area contributed by atoms with Crippen LogP contribution in [0.3, 0.4) is 0 Å². The normalized spacial score (nSPS) is 10.7. The number of aromatic nitrogens is 4. The Labute approximate surface area is 188 Å². The number of benzene rings is 3. The molecule has 0 saturated carbocycles. The molecule has 0 unspecified atom stereocenters. The largest absolute Gasteiger partial charge is 0.264 e. The van der Waals surface area contributed by atoms with Gasteiger partial charge in [0.05, 0.1) is 0 Å². The van der Waals surface area contributed by atoms with Gasteiger partial charge in [0.15, 0.2) is 17.5 Å². The summed E-state index contributed by atoms with van der Waals surface area (Å²) in [6.07, 6.45) is 3.63. The van der Waals surface area contributed by atoms with Gasteiger partial charge < -0.3 is 0 Å². The van der Waals surface area contributed by atoms with Crippen molar-refractivity contribution in [3.8, 4) is 45.3 Å². The predicted molar refractivity (Wildman–Crippen MR) is 127 cm³/mol. The second-order valence-electron chi connectivity index (χ2n) is 7.00. The van der Waals surface area contributed by atoms with Gasteiger partial charge in [0, 0.05) is 33.6 Å². The maximum atomic E-state index is 4.79. The Kier molecular flexibility index (Phi) is 5.33. The van der Waals surface area contributed by atoms with Crippen molar-refractivity contribution in [2.45, 2.75) is 0 Å². The van der Waals surface area contributed by atoms with Crippen LogP contribution in [0, 0.1) is 0 Å². The van der Waals surface area contributed by atoms with Crippen molar-refractivity contribution in [3.63, 3.8) is 0 Å². The van der Waals surface area contributed by atoms with Crippen LogP contribution in [0.4, 0.5) is 0 Å². The van der Waals surface area contributed by atoms with E-state index in [1.54, 1.807) is 6.20 Å². The van der Waals surface area contributed by atoms with Crippen LogP contribution >= 0.6 is 15.9 Å². The molecule has 0 N–H and O–H groups in total. The van der Waals surface area contributed by atoms with Crippen LogP contribution in [0.15, 0.2) is 108 Å². The molecule has 0 spiro atoms. The summed E-state index contributed by atoms with van der Waals surface area (Å²) in [6, 6.07) is 30.2. The van der Waals surface area contributed by atoms with E-state index in [0.29, 0.717) is 17.5 Å². The molecule has 0 aliphatic rings. The lowest BCUT2D eigenvalue weighted by Gasteiger charge is -2.09. The van der Waals surface area contributed by atoms with E-state index in [9.17, 15) is 0 Å². The Bertz CT molecular complexity index is 1320. The summed E-state index contributed by atoms with van der Waals surface area (Å²) in [5, 5.41) is 0. The third-order valence-corrected chi connectivity index (χ3v) is 5.38. The first-order valence-electron chi connectivity index (χ1n) is 9.84. The van der Waals surface area contributed by atoms with Crippen LogP contribution in [0.5, 0.6) is 0 Å². The van der Waals surface area contributed by atoms with Crippen molar-refractivity contribution >= 4 is 15.9 Å². The highest BCUT2D eigenvalue weighted by molar-refractivity contribution is 9.10. The van der Waals surface area contributed by atoms with Crippen molar-refractivity contribution in [1.82, 2.24) is 19.9 Å². The molecule has 31 heavy (non-hydrogen) atoms. The van der Waals surface area contributed by atoms with Crippen LogP contribution in [0.1, 0.15) is 0 Å². The third kappa shape index (κ3) is 4.27. The lowest BCUT2D eigenvalue weighted by atomic mass is 10.1. The Hall–Kier alpha value is -3.70. The van der Waals surface area contributed by atoms with Crippen molar-refractivity contribution in [2.75, 3.05) is 0 Å². The number of rotatable bonds is 4. The molecule has 0 amide bonds. The average Bonchev–Trinajstić information content (AvgIpc) is 2.85. The Morgan fingerprint density at radius 1 is 0.484 bits per heavy atom. The summed E-state index contributed by atoms with van der Waals surface area (Å²) < 4.78 is 0.981. The lowest BCUT2D eigenvalue weighted by molar-refractivity contribution is 1.07. The second kappa shape index (κ2) is 8.58. The van der Waals surface area contributed by atoms with E-state index in [4.69, 9.17) is 15.0 Å². The van der Waals surface area contributed by atoms with Gasteiger partial charge in [-0.15, -0.1) is 0 Å². The summed E-state index contributed by atoms with van der Waals surface area (Å²) >= 11 is 3.54. The Morgan fingerprint density at radius 3 is 1.71 bits per heavy atom. The maximum Gasteiger partial charge on any atom is 0.164 e. The molecular formula is C26H17BrN4. The summed E-state index contributed by atoms with van der Waals surface area (Å²) in [6.45, 7) is 0. The van der Waals surface area contributed by atoms with E-state index < -0.39 is 0 Å². The quantitative estimate of drug-likeness (QED) is 0.297. The first-order chi connectivity index (χ1) is 15.3. The SMILES string of the molecule is Brc1cccc(-c2nc(-c3ccccc3)nc(-c3ccc(-c4cccnc4)cc3)n2)c1. The molecule has 0 radical (unpaired) electrons. The van der Waals surface area contributed by atoms with Crippen molar-refractivity contribution in [1.29, 1.82) is 0 Å². The Balaban J connectivity index is 1.61. The molecule has 4 nitrogen and oxygen atoms in total. The molecule has 3 aromatic carbocycles. The summed E-state index contributed by atoms with van der Waals surface area (Å²) in [5.41, 5.74) is 4.99. The summed E-state index contributed by atoms with van der Waals surface area (Å²) in [5.74, 6) is 1.93. The van der Waals surface area contributed by atoms with Gasteiger partial charge >= 0.3 is 0 Å². The highest BCUT2D eigenvalue weighted by Crippen LogP contribution is 2.27. The second-order valence-corrected chi connectivity index (χ2v) is 7.92. The van der Waals surface area contributed by atoms with Crippen molar-refractivity contribution in [2.24, 2.45) is 0 Å². The van der Waals surface area contributed by atoms with Gasteiger partial charge in [-0.2, -0.15) is 0 Å². The highest BCUT2D eigenvalue weighted by Gasteiger charge is 2.12. The molecule has 2 heterocycles. The molecule has 0 atom stereocenters. The third-order valence-electron chi connectivity index (χ3n) is 4.89. The molecule has 5 rings (SSSR count). The average molecular weight is 465 g/mol. The van der Waals surface area contributed by atoms with Gasteiger partial charge in [-0.05, 0) is 29.3 Å². The topological polar surface area (TPSA) is 51.6 Å². The molecule has 0 aliphatic heterocycles. The fourth-order valence-corrected chi connectivity index (χ4v) is 3.72. The smallest absolute Gasteiger partial charge is 0.164 e. The minimum atomic E-state index is 0.640. The molecule has 0 fully saturated rings. The van der Waals surface area contributed by atoms with Crippen LogP contribution in [-0.4, -0.2) is 19.9 Å². The zero-order chi connectivity index (χ0) is 21.0. The summed E-state index contributed by atoms with van der Waals surface area (Å²) in [7, 11) is 0. The molecule has 148 valence electrons. The minimum Gasteiger partial charge on any atom is -0.264 e. The molecule has 0 saturated heterocycles. The van der Waals surface area contributed by atoms with E-state index in [0.717, 1.165) is 32.3 Å². The van der Waals surface area contributed by atoms with Crippen LogP contribution in [0.25, 0.3) is 45.3 Å². The standard InChI is InChI=1S/C26H17BrN4/c27-23-10-4-8-21(16-23)26-30-24(19-6-2-1-3-7-19)29-25(31-26)20-13-11-18(12-14-20)22-9-5-15-28-17-22/h1-17H. The predicted octanol–water partition coefficient (Wildman–Crippen LogP) is 6.70. The molecule has 2 aromatic heterocycles. The van der Waals surface area contributed by atoms with Gasteiger partial charge in [0.25, 0.3) is 0 Å². The zero-order valence-electron chi connectivity index (χ0n) is 16.5. The van der Waals surface area contributed by atoms with Crippen molar-refractivity contribution < 1.29 is 0 Å². The number of pyridine rings is 1. The van der Waals surface area contributed by atoms with Gasteiger partial charge in [0.2, 0.25) is 0 Å². The van der Waals surface area contributed by atoms with E-state index >= 15 is 0 Å². The first-order valence-corrected chi connectivity index (χ1v) is 10.6. The number of hydrogen-bond donors (Lipinski definition) is 0. The van der Waals surface area contributed by atoms with Crippen LogP contribution < -0.4 is 0 Å². The van der Waals surface area contributed by atoms with Crippen LogP contribution in [0.2, 0.25) is 0 Å². The van der Waals surface area contributed by atoms with Gasteiger partial charge in [0.1, 0.15) is 0 Å². The maximum absolute atomic E-state index is 4.79. The summed E-state index contributed by atoms with van der Waals surface area (Å²) in [4.78, 5) is 18.5. The van der Waals surface area contributed by atoms with Crippen LogP contribution in [-0.2, 0) is 0 Å². The van der Waals surface area contributed by atoms with E-state index in [-0.39, 0.29) is 0 Å². The fourth-order valence-electron chi connectivity index (χ4n) is 3.32. The molecule has 0 aliphatic carbocycles. The lowest BCUT2D eigenvalue weighted by Crippen LogP contribution is -2.00. The molecule has 0 bridgehead atoms. The van der Waals surface area contributed by atoms with Crippen molar-refractivity contribution in [3.05, 3.63) is 108 Å². The Morgan fingerprint density at radius 2 is 1.06 bits per heavy atom. The number of hydrogen-bond acceptors (Lipinski definition) is 4.